The number of hydrogen-bond acceptors (Lipinski definition) is 3. The highest BCUT2D eigenvalue weighted by molar-refractivity contribution is 6.05. The lowest BCUT2D eigenvalue weighted by atomic mass is 9.93. The number of para-hydroxylation sites is 1. The molecule has 0 aromatic heterocycles. The molecule has 0 radical (unpaired) electrons. The van der Waals surface area contributed by atoms with E-state index in [0.717, 1.165) is 0 Å². The van der Waals surface area contributed by atoms with Gasteiger partial charge in [-0.15, -0.1) is 0 Å². The number of carbonyl (C=O) groups is 2. The van der Waals surface area contributed by atoms with Crippen molar-refractivity contribution in [3.05, 3.63) is 29.8 Å². The Labute approximate surface area is 80.6 Å². The van der Waals surface area contributed by atoms with Crippen molar-refractivity contribution in [1.29, 1.82) is 0 Å². The lowest BCUT2D eigenvalue weighted by Gasteiger charge is -2.16. The predicted octanol–water partition coefficient (Wildman–Crippen LogP) is 0.415. The van der Waals surface area contributed by atoms with Crippen LogP contribution in [-0.2, 0) is 15.2 Å². The van der Waals surface area contributed by atoms with Crippen molar-refractivity contribution in [3.63, 3.8) is 0 Å². The first-order valence-electron chi connectivity index (χ1n) is 4.25. The maximum atomic E-state index is 11.4. The molecule has 1 aromatic rings. The van der Waals surface area contributed by atoms with E-state index >= 15 is 0 Å². The van der Waals surface area contributed by atoms with E-state index < -0.39 is 11.5 Å². The van der Waals surface area contributed by atoms with Crippen LogP contribution in [0.3, 0.4) is 0 Å². The SMILES string of the molecule is O=CC[C@]1(O)C(=O)Nc2ccccc21. The summed E-state index contributed by atoms with van der Waals surface area (Å²) >= 11 is 0. The average Bonchev–Trinajstić information content (AvgIpc) is 2.41. The van der Waals surface area contributed by atoms with Gasteiger partial charge in [0.05, 0.1) is 0 Å². The Bertz CT molecular complexity index is 402. The fraction of sp³-hybridized carbons (Fsp3) is 0.200. The molecule has 72 valence electrons. The quantitative estimate of drug-likeness (QED) is 0.665. The highest BCUT2D eigenvalue weighted by Crippen LogP contribution is 2.37. The molecule has 0 fully saturated rings. The molecule has 0 saturated carbocycles. The van der Waals surface area contributed by atoms with E-state index in [-0.39, 0.29) is 6.42 Å². The molecule has 4 heteroatoms. The molecule has 0 aliphatic carbocycles. The Hall–Kier alpha value is -1.68. The highest BCUT2D eigenvalue weighted by Gasteiger charge is 2.44. The first-order chi connectivity index (χ1) is 6.68. The molecule has 14 heavy (non-hydrogen) atoms. The number of benzene rings is 1. The van der Waals surface area contributed by atoms with Crippen molar-refractivity contribution in [2.75, 3.05) is 5.32 Å². The molecule has 0 saturated heterocycles. The third-order valence-electron chi connectivity index (χ3n) is 2.38. The molecule has 2 rings (SSSR count). The summed E-state index contributed by atoms with van der Waals surface area (Å²) in [5, 5.41) is 12.5. The second kappa shape index (κ2) is 2.92. The van der Waals surface area contributed by atoms with E-state index in [1.165, 1.54) is 0 Å². The van der Waals surface area contributed by atoms with Crippen molar-refractivity contribution in [3.8, 4) is 0 Å². The number of amides is 1. The standard InChI is InChI=1S/C10H9NO3/c12-6-5-10(14)7-3-1-2-4-8(7)11-9(10)13/h1-4,6,14H,5H2,(H,11,13)/t10-/m1/s1. The molecule has 1 atom stereocenters. The van der Waals surface area contributed by atoms with Gasteiger partial charge in [-0.1, -0.05) is 18.2 Å². The number of hydrogen-bond donors (Lipinski definition) is 2. The largest absolute Gasteiger partial charge is 0.375 e. The first kappa shape index (κ1) is 8.90. The van der Waals surface area contributed by atoms with Crippen LogP contribution in [0.2, 0.25) is 0 Å². The van der Waals surface area contributed by atoms with E-state index in [1.807, 2.05) is 0 Å². The fourth-order valence-electron chi connectivity index (χ4n) is 1.62. The summed E-state index contributed by atoms with van der Waals surface area (Å²) in [4.78, 5) is 21.8. The van der Waals surface area contributed by atoms with Crippen LogP contribution in [0.4, 0.5) is 5.69 Å². The Morgan fingerprint density at radius 3 is 2.86 bits per heavy atom. The topological polar surface area (TPSA) is 66.4 Å². The van der Waals surface area contributed by atoms with Gasteiger partial charge in [0.1, 0.15) is 6.29 Å². The Morgan fingerprint density at radius 1 is 1.43 bits per heavy atom. The molecule has 0 bridgehead atoms. The monoisotopic (exact) mass is 191 g/mol. The van der Waals surface area contributed by atoms with Crippen molar-refractivity contribution >= 4 is 17.9 Å². The van der Waals surface area contributed by atoms with Crippen molar-refractivity contribution in [2.45, 2.75) is 12.0 Å². The molecular weight excluding hydrogens is 182 g/mol. The van der Waals surface area contributed by atoms with Gasteiger partial charge in [-0.2, -0.15) is 0 Å². The van der Waals surface area contributed by atoms with Crippen LogP contribution >= 0.6 is 0 Å². The van der Waals surface area contributed by atoms with Crippen molar-refractivity contribution in [2.24, 2.45) is 0 Å². The minimum atomic E-state index is -1.68. The van der Waals surface area contributed by atoms with Gasteiger partial charge in [0.15, 0.2) is 5.60 Å². The molecule has 2 N–H and O–H groups in total. The molecule has 1 amide bonds. The summed E-state index contributed by atoms with van der Waals surface area (Å²) < 4.78 is 0. The van der Waals surface area contributed by atoms with Gasteiger partial charge in [0, 0.05) is 17.7 Å². The van der Waals surface area contributed by atoms with Crippen LogP contribution in [0.25, 0.3) is 0 Å². The van der Waals surface area contributed by atoms with Crippen LogP contribution in [-0.4, -0.2) is 17.3 Å². The fourth-order valence-corrected chi connectivity index (χ4v) is 1.62. The number of anilines is 1. The number of aliphatic hydroxyl groups is 1. The summed E-state index contributed by atoms with van der Waals surface area (Å²) in [7, 11) is 0. The van der Waals surface area contributed by atoms with E-state index in [2.05, 4.69) is 5.32 Å². The molecule has 0 unspecified atom stereocenters. The number of fused-ring (bicyclic) bond motifs is 1. The molecule has 0 spiro atoms. The lowest BCUT2D eigenvalue weighted by Crippen LogP contribution is -2.34. The van der Waals surface area contributed by atoms with Crippen molar-refractivity contribution < 1.29 is 14.7 Å². The van der Waals surface area contributed by atoms with Gasteiger partial charge in [0.2, 0.25) is 0 Å². The highest BCUT2D eigenvalue weighted by atomic mass is 16.3. The van der Waals surface area contributed by atoms with Crippen LogP contribution in [0.1, 0.15) is 12.0 Å². The Balaban J connectivity index is 2.53. The van der Waals surface area contributed by atoms with Crippen LogP contribution < -0.4 is 5.32 Å². The smallest absolute Gasteiger partial charge is 0.261 e. The second-order valence-corrected chi connectivity index (χ2v) is 3.23. The maximum Gasteiger partial charge on any atom is 0.261 e. The second-order valence-electron chi connectivity index (χ2n) is 3.23. The van der Waals surface area contributed by atoms with Gasteiger partial charge >= 0.3 is 0 Å². The summed E-state index contributed by atoms with van der Waals surface area (Å²) in [5.74, 6) is -0.536. The normalized spacial score (nSPS) is 24.2. The van der Waals surface area contributed by atoms with Crippen molar-refractivity contribution in [1.82, 2.24) is 0 Å². The summed E-state index contributed by atoms with van der Waals surface area (Å²) in [6.07, 6.45) is 0.331. The minimum absolute atomic E-state index is 0.212. The molecule has 1 aliphatic heterocycles. The number of aldehydes is 1. The maximum absolute atomic E-state index is 11.4. The molecule has 1 aromatic carbocycles. The van der Waals surface area contributed by atoms with Gasteiger partial charge in [-0.3, -0.25) is 4.79 Å². The summed E-state index contributed by atoms with van der Waals surface area (Å²) in [6.45, 7) is 0. The van der Waals surface area contributed by atoms with Gasteiger partial charge in [-0.25, -0.2) is 0 Å². The zero-order valence-electron chi connectivity index (χ0n) is 7.36. The minimum Gasteiger partial charge on any atom is -0.375 e. The number of carbonyl (C=O) groups excluding carboxylic acids is 2. The van der Waals surface area contributed by atoms with E-state index in [1.54, 1.807) is 24.3 Å². The zero-order chi connectivity index (χ0) is 10.2. The summed E-state index contributed by atoms with van der Waals surface area (Å²) in [6, 6.07) is 6.80. The van der Waals surface area contributed by atoms with Crippen LogP contribution in [0.5, 0.6) is 0 Å². The Kier molecular flexibility index (Phi) is 1.86. The molecule has 1 heterocycles. The van der Waals surface area contributed by atoms with E-state index in [0.29, 0.717) is 17.5 Å². The number of rotatable bonds is 2. The third-order valence-corrected chi connectivity index (χ3v) is 2.38. The first-order valence-corrected chi connectivity index (χ1v) is 4.25. The van der Waals surface area contributed by atoms with Gasteiger partial charge in [0.25, 0.3) is 5.91 Å². The van der Waals surface area contributed by atoms with Gasteiger partial charge in [-0.05, 0) is 6.07 Å². The molecule has 1 aliphatic rings. The average molecular weight is 191 g/mol. The zero-order valence-corrected chi connectivity index (χ0v) is 7.36. The predicted molar refractivity (Wildman–Crippen MR) is 49.6 cm³/mol. The Morgan fingerprint density at radius 2 is 2.14 bits per heavy atom. The molecular formula is C10H9NO3. The van der Waals surface area contributed by atoms with Gasteiger partial charge < -0.3 is 15.2 Å². The van der Waals surface area contributed by atoms with Crippen LogP contribution in [0, 0.1) is 0 Å². The molecule has 4 nitrogen and oxygen atoms in total. The van der Waals surface area contributed by atoms with E-state index in [9.17, 15) is 14.7 Å². The lowest BCUT2D eigenvalue weighted by molar-refractivity contribution is -0.136. The third kappa shape index (κ3) is 1.04. The summed E-state index contributed by atoms with van der Waals surface area (Å²) in [5.41, 5.74) is -0.642. The number of nitrogens with one attached hydrogen (secondary N) is 1. The van der Waals surface area contributed by atoms with E-state index in [4.69, 9.17) is 0 Å². The van der Waals surface area contributed by atoms with Crippen LogP contribution in [0.15, 0.2) is 24.3 Å².